The van der Waals surface area contributed by atoms with E-state index in [1.807, 2.05) is 0 Å². The zero-order valence-corrected chi connectivity index (χ0v) is 13.6. The molecular formula is C14H17BrN2OS. The lowest BCUT2D eigenvalue weighted by Crippen LogP contribution is -2.35. The summed E-state index contributed by atoms with van der Waals surface area (Å²) < 4.78 is 6.35. The molecule has 0 saturated heterocycles. The Morgan fingerprint density at radius 2 is 2.16 bits per heavy atom. The molecule has 1 heterocycles. The topological polar surface area (TPSA) is 38.1 Å². The molecular weight excluding hydrogens is 324 g/mol. The molecule has 2 rings (SSSR count). The Balaban J connectivity index is 2.18. The Hall–Kier alpha value is -0.780. The lowest BCUT2D eigenvalue weighted by atomic mass is 10.1. The Bertz CT molecular complexity index is 535. The number of rotatable bonds is 4. The fourth-order valence-electron chi connectivity index (χ4n) is 1.48. The molecule has 0 bridgehead atoms. The fraction of sp³-hybridized carbons (Fsp3) is 0.357. The van der Waals surface area contributed by atoms with Crippen LogP contribution in [0.2, 0.25) is 0 Å². The smallest absolute Gasteiger partial charge is 0.260 e. The van der Waals surface area contributed by atoms with Crippen molar-refractivity contribution in [1.82, 2.24) is 10.3 Å². The van der Waals surface area contributed by atoms with E-state index in [0.717, 1.165) is 15.9 Å². The minimum Gasteiger partial charge on any atom is -0.440 e. The van der Waals surface area contributed by atoms with Gasteiger partial charge in [-0.15, -0.1) is 0 Å². The molecule has 2 aromatic rings. The molecule has 0 fully saturated rings. The first-order valence-corrected chi connectivity index (χ1v) is 7.66. The summed E-state index contributed by atoms with van der Waals surface area (Å²) in [6.45, 7) is 7.30. The minimum atomic E-state index is 0.0952. The highest BCUT2D eigenvalue weighted by Gasteiger charge is 2.12. The number of aromatic nitrogens is 1. The van der Waals surface area contributed by atoms with Crippen LogP contribution in [-0.2, 0) is 6.54 Å². The van der Waals surface area contributed by atoms with Gasteiger partial charge >= 0.3 is 0 Å². The lowest BCUT2D eigenvalue weighted by Gasteiger charge is -2.21. The molecule has 19 heavy (non-hydrogen) atoms. The second-order valence-corrected chi connectivity index (χ2v) is 7.16. The molecule has 0 aliphatic rings. The molecule has 5 heteroatoms. The summed E-state index contributed by atoms with van der Waals surface area (Å²) in [5, 5.41) is 4.16. The predicted octanol–water partition coefficient (Wildman–Crippen LogP) is 4.48. The van der Waals surface area contributed by atoms with Crippen LogP contribution in [0.1, 0.15) is 26.3 Å². The number of hydrogen-bond acceptors (Lipinski definition) is 4. The SMILES string of the molecule is CC(C)(C)NCc1ccc(Br)cc1Sc1ncco1. The second kappa shape index (κ2) is 6.11. The van der Waals surface area contributed by atoms with Crippen LogP contribution in [0.25, 0.3) is 0 Å². The summed E-state index contributed by atoms with van der Waals surface area (Å²) >= 11 is 5.04. The molecule has 0 aliphatic heterocycles. The van der Waals surface area contributed by atoms with Crippen molar-refractivity contribution in [1.29, 1.82) is 0 Å². The molecule has 0 radical (unpaired) electrons. The highest BCUT2D eigenvalue weighted by molar-refractivity contribution is 9.10. The van der Waals surface area contributed by atoms with E-state index in [1.165, 1.54) is 17.3 Å². The van der Waals surface area contributed by atoms with E-state index in [0.29, 0.717) is 5.22 Å². The van der Waals surface area contributed by atoms with E-state index in [4.69, 9.17) is 4.42 Å². The molecule has 102 valence electrons. The standard InChI is InChI=1S/C14H17BrN2OS/c1-14(2,3)17-9-10-4-5-11(15)8-12(10)19-13-16-6-7-18-13/h4-8,17H,9H2,1-3H3. The van der Waals surface area contributed by atoms with Crippen LogP contribution < -0.4 is 5.32 Å². The van der Waals surface area contributed by atoms with E-state index < -0.39 is 0 Å². The van der Waals surface area contributed by atoms with E-state index >= 15 is 0 Å². The highest BCUT2D eigenvalue weighted by Crippen LogP contribution is 2.31. The van der Waals surface area contributed by atoms with Crippen molar-refractivity contribution >= 4 is 27.7 Å². The van der Waals surface area contributed by atoms with Crippen LogP contribution in [0.15, 0.2) is 49.7 Å². The molecule has 0 spiro atoms. The van der Waals surface area contributed by atoms with Crippen LogP contribution in [0.4, 0.5) is 0 Å². The van der Waals surface area contributed by atoms with Gasteiger partial charge in [0.2, 0.25) is 0 Å². The van der Waals surface area contributed by atoms with E-state index in [1.54, 1.807) is 12.5 Å². The van der Waals surface area contributed by atoms with Gasteiger partial charge in [0.25, 0.3) is 5.22 Å². The van der Waals surface area contributed by atoms with Gasteiger partial charge in [0.1, 0.15) is 6.26 Å². The largest absolute Gasteiger partial charge is 0.440 e. The first kappa shape index (κ1) is 14.6. The van der Waals surface area contributed by atoms with Crippen molar-refractivity contribution in [2.24, 2.45) is 0 Å². The second-order valence-electron chi connectivity index (χ2n) is 5.26. The number of nitrogens with zero attached hydrogens (tertiary/aromatic N) is 1. The Labute approximate surface area is 126 Å². The maximum absolute atomic E-state index is 5.29. The van der Waals surface area contributed by atoms with Gasteiger partial charge in [0.05, 0.1) is 6.20 Å². The van der Waals surface area contributed by atoms with Crippen molar-refractivity contribution < 1.29 is 4.42 Å². The summed E-state index contributed by atoms with van der Waals surface area (Å²) in [6.07, 6.45) is 3.25. The molecule has 1 aromatic carbocycles. The quantitative estimate of drug-likeness (QED) is 0.890. The van der Waals surface area contributed by atoms with Gasteiger partial charge in [-0.05, 0) is 50.2 Å². The van der Waals surface area contributed by atoms with Gasteiger partial charge < -0.3 is 9.73 Å². The third-order valence-corrected chi connectivity index (χ3v) is 3.91. The summed E-state index contributed by atoms with van der Waals surface area (Å²) in [5.74, 6) is 0. The van der Waals surface area contributed by atoms with Crippen LogP contribution in [0.5, 0.6) is 0 Å². The maximum Gasteiger partial charge on any atom is 0.260 e. The molecule has 0 amide bonds. The minimum absolute atomic E-state index is 0.0952. The molecule has 0 atom stereocenters. The van der Waals surface area contributed by atoms with Crippen LogP contribution in [-0.4, -0.2) is 10.5 Å². The van der Waals surface area contributed by atoms with Gasteiger partial charge in [-0.2, -0.15) is 0 Å². The maximum atomic E-state index is 5.29. The van der Waals surface area contributed by atoms with Gasteiger partial charge in [0, 0.05) is 21.5 Å². The molecule has 0 aliphatic carbocycles. The molecule has 0 unspecified atom stereocenters. The monoisotopic (exact) mass is 340 g/mol. The zero-order chi connectivity index (χ0) is 13.9. The van der Waals surface area contributed by atoms with Crippen molar-refractivity contribution in [3.8, 4) is 0 Å². The van der Waals surface area contributed by atoms with Crippen molar-refractivity contribution in [3.05, 3.63) is 40.7 Å². The molecule has 1 aromatic heterocycles. The van der Waals surface area contributed by atoms with Crippen LogP contribution in [0.3, 0.4) is 0 Å². The van der Waals surface area contributed by atoms with Crippen LogP contribution in [0, 0.1) is 0 Å². The first-order chi connectivity index (χ1) is 8.94. The average Bonchev–Trinajstić information content (AvgIpc) is 2.79. The Morgan fingerprint density at radius 3 is 2.79 bits per heavy atom. The Kier molecular flexibility index (Phi) is 4.71. The zero-order valence-electron chi connectivity index (χ0n) is 11.2. The number of hydrogen-bond donors (Lipinski definition) is 1. The van der Waals surface area contributed by atoms with E-state index in [9.17, 15) is 0 Å². The lowest BCUT2D eigenvalue weighted by molar-refractivity contribution is 0.422. The van der Waals surface area contributed by atoms with Gasteiger partial charge in [-0.1, -0.05) is 22.0 Å². The summed E-state index contributed by atoms with van der Waals surface area (Å²) in [7, 11) is 0. The highest BCUT2D eigenvalue weighted by atomic mass is 79.9. The third-order valence-electron chi connectivity index (χ3n) is 2.45. The third kappa shape index (κ3) is 4.67. The fourth-order valence-corrected chi connectivity index (χ4v) is 2.86. The van der Waals surface area contributed by atoms with Gasteiger partial charge in [0.15, 0.2) is 0 Å². The Morgan fingerprint density at radius 1 is 1.37 bits per heavy atom. The summed E-state index contributed by atoms with van der Waals surface area (Å²) in [5.41, 5.74) is 1.33. The van der Waals surface area contributed by atoms with Crippen LogP contribution >= 0.6 is 27.7 Å². The average molecular weight is 341 g/mol. The normalized spacial score (nSPS) is 11.8. The molecule has 1 N–H and O–H groups in total. The number of benzene rings is 1. The first-order valence-electron chi connectivity index (χ1n) is 6.05. The van der Waals surface area contributed by atoms with Gasteiger partial charge in [-0.25, -0.2) is 4.98 Å². The van der Waals surface area contributed by atoms with E-state index in [2.05, 4.69) is 65.2 Å². The van der Waals surface area contributed by atoms with Crippen molar-refractivity contribution in [2.45, 2.75) is 43.0 Å². The predicted molar refractivity (Wildman–Crippen MR) is 81.4 cm³/mol. The van der Waals surface area contributed by atoms with Crippen molar-refractivity contribution in [2.75, 3.05) is 0 Å². The van der Waals surface area contributed by atoms with E-state index in [-0.39, 0.29) is 5.54 Å². The summed E-state index contributed by atoms with van der Waals surface area (Å²) in [6, 6.07) is 6.27. The van der Waals surface area contributed by atoms with Crippen molar-refractivity contribution in [3.63, 3.8) is 0 Å². The molecule has 0 saturated carbocycles. The number of halogens is 1. The molecule has 3 nitrogen and oxygen atoms in total. The number of oxazole rings is 1. The van der Waals surface area contributed by atoms with Gasteiger partial charge in [-0.3, -0.25) is 0 Å². The summed E-state index contributed by atoms with van der Waals surface area (Å²) in [4.78, 5) is 5.30. The number of nitrogens with one attached hydrogen (secondary N) is 1.